The molecular formula is C22H36O3. The van der Waals surface area contributed by atoms with Gasteiger partial charge in [0, 0.05) is 26.2 Å². The molecule has 0 amide bonds. The van der Waals surface area contributed by atoms with Crippen LogP contribution in [0.4, 0.5) is 0 Å². The van der Waals surface area contributed by atoms with Gasteiger partial charge in [-0.3, -0.25) is 0 Å². The van der Waals surface area contributed by atoms with Crippen LogP contribution < -0.4 is 4.74 Å². The van der Waals surface area contributed by atoms with Crippen LogP contribution >= 0.6 is 0 Å². The molecule has 0 heterocycles. The van der Waals surface area contributed by atoms with Crippen LogP contribution in [0.15, 0.2) is 6.07 Å². The average Bonchev–Trinajstić information content (AvgIpc) is 2.58. The number of fused-ring (bicyclic) bond motifs is 1. The van der Waals surface area contributed by atoms with Gasteiger partial charge in [-0.15, -0.1) is 0 Å². The molecule has 0 saturated carbocycles. The number of rotatable bonds is 8. The van der Waals surface area contributed by atoms with Crippen LogP contribution in [0.3, 0.4) is 0 Å². The van der Waals surface area contributed by atoms with E-state index in [9.17, 15) is 0 Å². The summed E-state index contributed by atoms with van der Waals surface area (Å²) in [5.41, 5.74) is 5.77. The number of ether oxygens (including phenoxy) is 3. The molecule has 0 N–H and O–H groups in total. The predicted octanol–water partition coefficient (Wildman–Crippen LogP) is 4.85. The van der Waals surface area contributed by atoms with Crippen molar-refractivity contribution in [2.24, 2.45) is 5.92 Å². The summed E-state index contributed by atoms with van der Waals surface area (Å²) in [5, 5.41) is 0. The summed E-state index contributed by atoms with van der Waals surface area (Å²) >= 11 is 0. The zero-order valence-corrected chi connectivity index (χ0v) is 17.2. The van der Waals surface area contributed by atoms with E-state index in [1.807, 2.05) is 7.11 Å². The smallest absolute Gasteiger partial charge is 0.122 e. The average molecular weight is 349 g/mol. The predicted molar refractivity (Wildman–Crippen MR) is 104 cm³/mol. The molecule has 3 heteroatoms. The molecule has 1 aromatic rings. The monoisotopic (exact) mass is 348 g/mol. The van der Waals surface area contributed by atoms with E-state index in [2.05, 4.69) is 33.8 Å². The Bertz CT molecular complexity index is 577. The van der Waals surface area contributed by atoms with Gasteiger partial charge in [0.25, 0.3) is 0 Å². The molecule has 3 nitrogen and oxygen atoms in total. The highest BCUT2D eigenvalue weighted by atomic mass is 16.5. The molecule has 2 rings (SSSR count). The van der Waals surface area contributed by atoms with E-state index in [-0.39, 0.29) is 11.5 Å². The number of hydrogen-bond acceptors (Lipinski definition) is 3. The topological polar surface area (TPSA) is 27.7 Å². The third-order valence-corrected chi connectivity index (χ3v) is 6.15. The first kappa shape index (κ1) is 20.3. The van der Waals surface area contributed by atoms with E-state index < -0.39 is 0 Å². The van der Waals surface area contributed by atoms with Gasteiger partial charge in [-0.2, -0.15) is 0 Å². The van der Waals surface area contributed by atoms with Gasteiger partial charge in [-0.25, -0.2) is 0 Å². The molecule has 1 aromatic carbocycles. The van der Waals surface area contributed by atoms with Crippen molar-refractivity contribution in [2.45, 2.75) is 71.3 Å². The summed E-state index contributed by atoms with van der Waals surface area (Å²) in [7, 11) is 5.40. The van der Waals surface area contributed by atoms with Crippen LogP contribution in [-0.2, 0) is 27.7 Å². The van der Waals surface area contributed by atoms with E-state index in [0.717, 1.165) is 38.0 Å². The lowest BCUT2D eigenvalue weighted by molar-refractivity contribution is 0.0327. The Labute approximate surface area is 154 Å². The third kappa shape index (κ3) is 4.20. The molecule has 25 heavy (non-hydrogen) atoms. The van der Waals surface area contributed by atoms with E-state index in [1.165, 1.54) is 28.7 Å². The first-order chi connectivity index (χ1) is 11.9. The Morgan fingerprint density at radius 2 is 1.92 bits per heavy atom. The molecule has 0 radical (unpaired) electrons. The number of methoxy groups -OCH3 is 3. The van der Waals surface area contributed by atoms with Crippen LogP contribution in [-0.4, -0.2) is 34.0 Å². The van der Waals surface area contributed by atoms with Crippen molar-refractivity contribution >= 4 is 0 Å². The second-order valence-corrected chi connectivity index (χ2v) is 8.12. The molecule has 0 aromatic heterocycles. The second kappa shape index (κ2) is 8.55. The summed E-state index contributed by atoms with van der Waals surface area (Å²) in [4.78, 5) is 0. The van der Waals surface area contributed by atoms with E-state index >= 15 is 0 Å². The maximum atomic E-state index is 5.79. The molecule has 1 aliphatic rings. The Kier molecular flexibility index (Phi) is 6.93. The van der Waals surface area contributed by atoms with Gasteiger partial charge in [0.15, 0.2) is 0 Å². The molecule has 0 fully saturated rings. The van der Waals surface area contributed by atoms with Crippen molar-refractivity contribution in [1.82, 2.24) is 0 Å². The molecule has 0 saturated heterocycles. The lowest BCUT2D eigenvalue weighted by Crippen LogP contribution is -2.40. The fourth-order valence-corrected chi connectivity index (χ4v) is 4.35. The van der Waals surface area contributed by atoms with Crippen molar-refractivity contribution < 1.29 is 14.2 Å². The minimum absolute atomic E-state index is 0.0136. The Hall–Kier alpha value is -1.06. The first-order valence-corrected chi connectivity index (χ1v) is 9.58. The molecular weight excluding hydrogens is 312 g/mol. The van der Waals surface area contributed by atoms with E-state index in [4.69, 9.17) is 14.2 Å². The van der Waals surface area contributed by atoms with Crippen molar-refractivity contribution in [3.05, 3.63) is 28.3 Å². The van der Waals surface area contributed by atoms with Gasteiger partial charge in [0.1, 0.15) is 5.75 Å². The fourth-order valence-electron chi connectivity index (χ4n) is 4.35. The quantitative estimate of drug-likeness (QED) is 0.672. The first-order valence-electron chi connectivity index (χ1n) is 9.58. The van der Waals surface area contributed by atoms with Crippen LogP contribution in [0, 0.1) is 12.8 Å². The number of benzene rings is 1. The van der Waals surface area contributed by atoms with Crippen LogP contribution in [0.1, 0.15) is 62.3 Å². The Morgan fingerprint density at radius 3 is 2.52 bits per heavy atom. The SMILES string of the molecule is COCC[C@@H](C)CCc1c(C)c(OC)cc2c1CC[C@H](OC)C2(C)C. The summed E-state index contributed by atoms with van der Waals surface area (Å²) in [5.74, 6) is 1.69. The highest BCUT2D eigenvalue weighted by Crippen LogP contribution is 2.43. The molecule has 1 aliphatic carbocycles. The molecule has 0 bridgehead atoms. The van der Waals surface area contributed by atoms with Crippen molar-refractivity contribution in [3.63, 3.8) is 0 Å². The van der Waals surface area contributed by atoms with E-state index in [1.54, 1.807) is 14.2 Å². The van der Waals surface area contributed by atoms with Crippen molar-refractivity contribution in [2.75, 3.05) is 27.9 Å². The highest BCUT2D eigenvalue weighted by molar-refractivity contribution is 5.53. The van der Waals surface area contributed by atoms with Gasteiger partial charge in [0.2, 0.25) is 0 Å². The minimum Gasteiger partial charge on any atom is -0.496 e. The zero-order chi connectivity index (χ0) is 18.6. The van der Waals surface area contributed by atoms with Crippen LogP contribution in [0.25, 0.3) is 0 Å². The van der Waals surface area contributed by atoms with Crippen LogP contribution in [0.5, 0.6) is 5.75 Å². The fraction of sp³-hybridized carbons (Fsp3) is 0.727. The summed E-state index contributed by atoms with van der Waals surface area (Å²) in [6, 6.07) is 2.26. The minimum atomic E-state index is 0.0136. The van der Waals surface area contributed by atoms with Gasteiger partial charge in [-0.05, 0) is 73.3 Å². The lowest BCUT2D eigenvalue weighted by Gasteiger charge is -2.41. The Balaban J connectivity index is 2.36. The van der Waals surface area contributed by atoms with Gasteiger partial charge in [-0.1, -0.05) is 20.8 Å². The summed E-state index contributed by atoms with van der Waals surface area (Å²) in [6.07, 6.45) is 5.89. The highest BCUT2D eigenvalue weighted by Gasteiger charge is 2.38. The number of hydrogen-bond donors (Lipinski definition) is 0. The second-order valence-electron chi connectivity index (χ2n) is 8.12. The molecule has 0 aliphatic heterocycles. The summed E-state index contributed by atoms with van der Waals surface area (Å²) < 4.78 is 16.8. The van der Waals surface area contributed by atoms with Gasteiger partial charge >= 0.3 is 0 Å². The zero-order valence-electron chi connectivity index (χ0n) is 17.2. The maximum Gasteiger partial charge on any atom is 0.122 e. The third-order valence-electron chi connectivity index (χ3n) is 6.15. The normalized spacial score (nSPS) is 20.2. The molecule has 2 atom stereocenters. The van der Waals surface area contributed by atoms with Crippen molar-refractivity contribution in [3.8, 4) is 5.75 Å². The largest absolute Gasteiger partial charge is 0.496 e. The molecule has 0 unspecified atom stereocenters. The van der Waals surface area contributed by atoms with Gasteiger partial charge in [0.05, 0.1) is 13.2 Å². The van der Waals surface area contributed by atoms with E-state index in [0.29, 0.717) is 5.92 Å². The lowest BCUT2D eigenvalue weighted by atomic mass is 9.68. The van der Waals surface area contributed by atoms with Gasteiger partial charge < -0.3 is 14.2 Å². The standard InChI is InChI=1S/C22H36O3/c1-15(12-13-23-5)8-9-17-16(2)20(24-6)14-19-18(17)10-11-21(25-7)22(19,3)4/h14-15,21H,8-13H2,1-7H3/t15-,21-/m0/s1. The summed E-state index contributed by atoms with van der Waals surface area (Å²) in [6.45, 7) is 9.99. The maximum absolute atomic E-state index is 5.79. The van der Waals surface area contributed by atoms with Crippen LogP contribution in [0.2, 0.25) is 0 Å². The Morgan fingerprint density at radius 1 is 1.20 bits per heavy atom. The van der Waals surface area contributed by atoms with Crippen molar-refractivity contribution in [1.29, 1.82) is 0 Å². The molecule has 0 spiro atoms. The molecule has 142 valence electrons.